The van der Waals surface area contributed by atoms with Gasteiger partial charge in [-0.1, -0.05) is 13.8 Å². The van der Waals surface area contributed by atoms with Crippen LogP contribution in [0.15, 0.2) is 9.98 Å². The van der Waals surface area contributed by atoms with Gasteiger partial charge < -0.3 is 4.90 Å². The first-order chi connectivity index (χ1) is 10.5. The molecule has 8 nitrogen and oxygen atoms in total. The van der Waals surface area contributed by atoms with Crippen molar-refractivity contribution < 1.29 is 19.2 Å². The summed E-state index contributed by atoms with van der Waals surface area (Å²) in [5.74, 6) is -0.238. The second-order valence-corrected chi connectivity index (χ2v) is 5.31. The number of hydrogen-bond donors (Lipinski definition) is 0. The lowest BCUT2D eigenvalue weighted by Gasteiger charge is -2.23. The van der Waals surface area contributed by atoms with Gasteiger partial charge in [0.05, 0.1) is 13.1 Å². The lowest BCUT2D eigenvalue weighted by Crippen LogP contribution is -2.39. The molecule has 0 aromatic carbocycles. The number of carbonyl (C=O) groups is 2. The average Bonchev–Trinajstić information content (AvgIpc) is 2.71. The predicted molar refractivity (Wildman–Crippen MR) is 77.7 cm³/mol. The van der Waals surface area contributed by atoms with Gasteiger partial charge in [-0.15, -0.1) is 0 Å². The first kappa shape index (κ1) is 17.8. The second kappa shape index (κ2) is 8.87. The first-order valence-corrected chi connectivity index (χ1v) is 7.23. The van der Waals surface area contributed by atoms with Crippen molar-refractivity contribution in [1.29, 1.82) is 0 Å². The average molecular weight is 308 g/mol. The SMILES string of the molecule is CC(C)C1C(=O)N(CCCN=C=O)C(=O)N1CCCN=C=O. The summed E-state index contributed by atoms with van der Waals surface area (Å²) in [7, 11) is 0. The zero-order chi connectivity index (χ0) is 16.5. The highest BCUT2D eigenvalue weighted by atomic mass is 16.2. The molecule has 1 aliphatic heterocycles. The van der Waals surface area contributed by atoms with Crippen LogP contribution in [0.25, 0.3) is 0 Å². The van der Waals surface area contributed by atoms with E-state index in [0.717, 1.165) is 0 Å². The van der Waals surface area contributed by atoms with E-state index in [-0.39, 0.29) is 37.5 Å². The highest BCUT2D eigenvalue weighted by Gasteiger charge is 2.45. The summed E-state index contributed by atoms with van der Waals surface area (Å²) in [4.78, 5) is 54.4. The van der Waals surface area contributed by atoms with Crippen molar-refractivity contribution in [3.63, 3.8) is 0 Å². The number of rotatable bonds is 9. The van der Waals surface area contributed by atoms with E-state index < -0.39 is 6.04 Å². The Labute approximate surface area is 128 Å². The van der Waals surface area contributed by atoms with Crippen LogP contribution in [-0.2, 0) is 14.4 Å². The molecule has 0 spiro atoms. The molecule has 0 N–H and O–H groups in total. The molecule has 1 unspecified atom stereocenters. The molecule has 8 heteroatoms. The van der Waals surface area contributed by atoms with E-state index in [0.29, 0.717) is 19.4 Å². The summed E-state index contributed by atoms with van der Waals surface area (Å²) in [6, 6.07) is -0.837. The van der Waals surface area contributed by atoms with E-state index >= 15 is 0 Å². The van der Waals surface area contributed by atoms with Gasteiger partial charge in [0, 0.05) is 13.1 Å². The van der Waals surface area contributed by atoms with Crippen molar-refractivity contribution in [1.82, 2.24) is 9.80 Å². The number of urea groups is 1. The quantitative estimate of drug-likeness (QED) is 0.271. The third-order valence-corrected chi connectivity index (χ3v) is 3.41. The van der Waals surface area contributed by atoms with Crippen molar-refractivity contribution in [2.75, 3.05) is 26.2 Å². The van der Waals surface area contributed by atoms with Crippen molar-refractivity contribution in [3.05, 3.63) is 0 Å². The van der Waals surface area contributed by atoms with E-state index in [2.05, 4.69) is 9.98 Å². The lowest BCUT2D eigenvalue weighted by molar-refractivity contribution is -0.129. The Kier molecular flexibility index (Phi) is 7.16. The Morgan fingerprint density at radius 2 is 1.59 bits per heavy atom. The fourth-order valence-corrected chi connectivity index (χ4v) is 2.47. The van der Waals surface area contributed by atoms with Crippen LogP contribution in [0.1, 0.15) is 26.7 Å². The number of hydrogen-bond acceptors (Lipinski definition) is 6. The summed E-state index contributed by atoms with van der Waals surface area (Å²) in [6.07, 6.45) is 3.81. The molecule has 1 rings (SSSR count). The zero-order valence-electron chi connectivity index (χ0n) is 12.8. The van der Waals surface area contributed by atoms with E-state index in [4.69, 9.17) is 0 Å². The summed E-state index contributed by atoms with van der Waals surface area (Å²) in [6.45, 7) is 4.87. The fraction of sp³-hybridized carbons (Fsp3) is 0.714. The summed E-state index contributed by atoms with van der Waals surface area (Å²) < 4.78 is 0. The molecule has 0 aromatic heterocycles. The number of isocyanates is 2. The van der Waals surface area contributed by atoms with Crippen LogP contribution >= 0.6 is 0 Å². The number of amides is 3. The van der Waals surface area contributed by atoms with Crippen LogP contribution in [-0.4, -0.2) is 66.1 Å². The normalized spacial score (nSPS) is 17.7. The largest absolute Gasteiger partial charge is 0.327 e. The van der Waals surface area contributed by atoms with Gasteiger partial charge in [-0.25, -0.2) is 24.4 Å². The Morgan fingerprint density at radius 1 is 1.05 bits per heavy atom. The van der Waals surface area contributed by atoms with Gasteiger partial charge in [0.15, 0.2) is 0 Å². The van der Waals surface area contributed by atoms with Gasteiger partial charge in [-0.05, 0) is 18.8 Å². The zero-order valence-corrected chi connectivity index (χ0v) is 12.8. The Bertz CT molecular complexity index is 507. The maximum Gasteiger partial charge on any atom is 0.327 e. The van der Waals surface area contributed by atoms with Gasteiger partial charge in [0.25, 0.3) is 5.91 Å². The van der Waals surface area contributed by atoms with Crippen LogP contribution in [0.4, 0.5) is 4.79 Å². The van der Waals surface area contributed by atoms with Crippen molar-refractivity contribution >= 4 is 24.1 Å². The molecule has 1 aliphatic rings. The maximum absolute atomic E-state index is 12.4. The minimum Gasteiger partial charge on any atom is -0.312 e. The van der Waals surface area contributed by atoms with Crippen LogP contribution in [0, 0.1) is 5.92 Å². The van der Waals surface area contributed by atoms with Gasteiger partial charge in [-0.2, -0.15) is 0 Å². The van der Waals surface area contributed by atoms with Gasteiger partial charge in [-0.3, -0.25) is 9.69 Å². The minimum absolute atomic E-state index is 0.0102. The van der Waals surface area contributed by atoms with E-state index in [9.17, 15) is 19.2 Å². The molecule has 0 aliphatic carbocycles. The second-order valence-electron chi connectivity index (χ2n) is 5.31. The molecule has 0 saturated carbocycles. The Morgan fingerprint density at radius 3 is 2.09 bits per heavy atom. The molecule has 0 bridgehead atoms. The first-order valence-electron chi connectivity index (χ1n) is 7.23. The number of imide groups is 1. The van der Waals surface area contributed by atoms with Gasteiger partial charge >= 0.3 is 6.03 Å². The summed E-state index contributed by atoms with van der Waals surface area (Å²) in [5.41, 5.74) is 0. The number of aliphatic imine (C=N–C) groups is 2. The standard InChI is InChI=1S/C14H20N4O4/c1-11(2)12-13(21)18(8-4-6-16-10-20)14(22)17(12)7-3-5-15-9-19/h11-12H,3-8H2,1-2H3. The van der Waals surface area contributed by atoms with Crippen molar-refractivity contribution in [2.24, 2.45) is 15.9 Å². The highest BCUT2D eigenvalue weighted by molar-refractivity contribution is 6.04. The number of carbonyl (C=O) groups excluding carboxylic acids is 4. The molecule has 22 heavy (non-hydrogen) atoms. The fourth-order valence-electron chi connectivity index (χ4n) is 2.47. The number of nitrogens with zero attached hydrogens (tertiary/aromatic N) is 4. The smallest absolute Gasteiger partial charge is 0.312 e. The third kappa shape index (κ3) is 4.35. The monoisotopic (exact) mass is 308 g/mol. The lowest BCUT2D eigenvalue weighted by atomic mass is 10.0. The van der Waals surface area contributed by atoms with E-state index in [1.54, 1.807) is 0 Å². The third-order valence-electron chi connectivity index (χ3n) is 3.41. The minimum atomic E-state index is -0.498. The molecular weight excluding hydrogens is 288 g/mol. The molecular formula is C14H20N4O4. The maximum atomic E-state index is 12.4. The van der Waals surface area contributed by atoms with Crippen LogP contribution in [0.2, 0.25) is 0 Å². The molecule has 1 heterocycles. The molecule has 1 fully saturated rings. The van der Waals surface area contributed by atoms with Crippen LogP contribution in [0.3, 0.4) is 0 Å². The van der Waals surface area contributed by atoms with Gasteiger partial charge in [0.2, 0.25) is 12.2 Å². The van der Waals surface area contributed by atoms with Crippen molar-refractivity contribution in [2.45, 2.75) is 32.7 Å². The van der Waals surface area contributed by atoms with Crippen LogP contribution in [0.5, 0.6) is 0 Å². The Hall–Kier alpha value is -2.30. The molecule has 120 valence electrons. The van der Waals surface area contributed by atoms with Crippen LogP contribution < -0.4 is 0 Å². The Balaban J connectivity index is 2.72. The van der Waals surface area contributed by atoms with E-state index in [1.807, 2.05) is 13.8 Å². The highest BCUT2D eigenvalue weighted by Crippen LogP contribution is 2.24. The molecule has 0 radical (unpaired) electrons. The molecule has 0 aromatic rings. The topological polar surface area (TPSA) is 99.5 Å². The molecule has 1 atom stereocenters. The molecule has 3 amide bonds. The predicted octanol–water partition coefficient (Wildman–Crippen LogP) is 0.727. The summed E-state index contributed by atoms with van der Waals surface area (Å²) in [5, 5.41) is 0. The van der Waals surface area contributed by atoms with Crippen molar-refractivity contribution in [3.8, 4) is 0 Å². The van der Waals surface area contributed by atoms with E-state index in [1.165, 1.54) is 22.0 Å². The summed E-state index contributed by atoms with van der Waals surface area (Å²) >= 11 is 0. The van der Waals surface area contributed by atoms with Gasteiger partial charge in [0.1, 0.15) is 6.04 Å². The molecule has 1 saturated heterocycles.